The van der Waals surface area contributed by atoms with Crippen molar-refractivity contribution in [2.75, 3.05) is 0 Å². The summed E-state index contributed by atoms with van der Waals surface area (Å²) in [5.41, 5.74) is 3.21. The first-order chi connectivity index (χ1) is 8.81. The SMILES string of the molecule is Cc1cccc(OCc2nc3ccccc3[nH]2)c1. The maximum Gasteiger partial charge on any atom is 0.146 e. The van der Waals surface area contributed by atoms with E-state index in [9.17, 15) is 0 Å². The van der Waals surface area contributed by atoms with Crippen LogP contribution >= 0.6 is 0 Å². The number of para-hydroxylation sites is 2. The molecule has 0 unspecified atom stereocenters. The van der Waals surface area contributed by atoms with Gasteiger partial charge in [-0.25, -0.2) is 4.98 Å². The molecule has 0 saturated carbocycles. The lowest BCUT2D eigenvalue weighted by atomic mass is 10.2. The average Bonchev–Trinajstić information content (AvgIpc) is 2.79. The molecular formula is C15H14N2O. The number of aromatic nitrogens is 2. The van der Waals surface area contributed by atoms with Gasteiger partial charge in [0.25, 0.3) is 0 Å². The Hall–Kier alpha value is -2.29. The zero-order valence-electron chi connectivity index (χ0n) is 10.2. The summed E-state index contributed by atoms with van der Waals surface area (Å²) < 4.78 is 5.71. The number of fused-ring (bicyclic) bond motifs is 1. The van der Waals surface area contributed by atoms with Crippen LogP contribution in [-0.4, -0.2) is 9.97 Å². The number of ether oxygens (including phenoxy) is 1. The van der Waals surface area contributed by atoms with Gasteiger partial charge in [0.2, 0.25) is 0 Å². The Morgan fingerprint density at radius 2 is 2.00 bits per heavy atom. The standard InChI is InChI=1S/C15H14N2O/c1-11-5-4-6-12(9-11)18-10-15-16-13-7-2-3-8-14(13)17-15/h2-9H,10H2,1H3,(H,16,17). The summed E-state index contributed by atoms with van der Waals surface area (Å²) in [6.07, 6.45) is 0. The molecule has 0 atom stereocenters. The third kappa shape index (κ3) is 2.20. The van der Waals surface area contributed by atoms with Crippen molar-refractivity contribution in [1.82, 2.24) is 9.97 Å². The number of imidazole rings is 1. The van der Waals surface area contributed by atoms with Crippen molar-refractivity contribution in [1.29, 1.82) is 0 Å². The Kier molecular flexibility index (Phi) is 2.73. The molecule has 1 N–H and O–H groups in total. The summed E-state index contributed by atoms with van der Waals surface area (Å²) in [4.78, 5) is 7.71. The highest BCUT2D eigenvalue weighted by Crippen LogP contribution is 2.15. The minimum absolute atomic E-state index is 0.456. The third-order valence-corrected chi connectivity index (χ3v) is 2.80. The molecule has 0 spiro atoms. The van der Waals surface area contributed by atoms with Crippen molar-refractivity contribution in [3.05, 3.63) is 59.9 Å². The van der Waals surface area contributed by atoms with Crippen LogP contribution in [-0.2, 0) is 6.61 Å². The lowest BCUT2D eigenvalue weighted by Crippen LogP contribution is -1.97. The van der Waals surface area contributed by atoms with E-state index in [0.29, 0.717) is 6.61 Å². The molecule has 0 aliphatic heterocycles. The molecular weight excluding hydrogens is 224 g/mol. The Balaban J connectivity index is 1.76. The largest absolute Gasteiger partial charge is 0.486 e. The highest BCUT2D eigenvalue weighted by Gasteiger charge is 2.02. The van der Waals surface area contributed by atoms with E-state index in [2.05, 4.69) is 9.97 Å². The molecule has 3 heteroatoms. The average molecular weight is 238 g/mol. The van der Waals surface area contributed by atoms with E-state index in [1.807, 2.05) is 55.5 Å². The maximum absolute atomic E-state index is 5.71. The summed E-state index contributed by atoms with van der Waals surface area (Å²) in [6.45, 7) is 2.51. The van der Waals surface area contributed by atoms with Gasteiger partial charge in [-0.1, -0.05) is 24.3 Å². The Bertz CT molecular complexity index is 640. The van der Waals surface area contributed by atoms with Gasteiger partial charge < -0.3 is 9.72 Å². The molecule has 3 nitrogen and oxygen atoms in total. The normalized spacial score (nSPS) is 10.7. The van der Waals surface area contributed by atoms with Gasteiger partial charge in [-0.2, -0.15) is 0 Å². The van der Waals surface area contributed by atoms with E-state index < -0.39 is 0 Å². The summed E-state index contributed by atoms with van der Waals surface area (Å²) in [6, 6.07) is 16.0. The van der Waals surface area contributed by atoms with Crippen LogP contribution < -0.4 is 4.74 Å². The van der Waals surface area contributed by atoms with Crippen LogP contribution in [0.2, 0.25) is 0 Å². The molecule has 0 radical (unpaired) electrons. The molecule has 0 amide bonds. The van der Waals surface area contributed by atoms with E-state index in [0.717, 1.165) is 22.6 Å². The number of rotatable bonds is 3. The van der Waals surface area contributed by atoms with Gasteiger partial charge in [-0.3, -0.25) is 0 Å². The van der Waals surface area contributed by atoms with Gasteiger partial charge in [0.15, 0.2) is 0 Å². The molecule has 18 heavy (non-hydrogen) atoms. The lowest BCUT2D eigenvalue weighted by molar-refractivity contribution is 0.297. The van der Waals surface area contributed by atoms with E-state index in [-0.39, 0.29) is 0 Å². The molecule has 0 fully saturated rings. The van der Waals surface area contributed by atoms with Crippen molar-refractivity contribution in [2.45, 2.75) is 13.5 Å². The minimum atomic E-state index is 0.456. The molecule has 0 bridgehead atoms. The molecule has 0 saturated heterocycles. The first kappa shape index (κ1) is 10.8. The quantitative estimate of drug-likeness (QED) is 0.759. The molecule has 3 aromatic rings. The van der Waals surface area contributed by atoms with Crippen molar-refractivity contribution in [2.24, 2.45) is 0 Å². The number of hydrogen-bond acceptors (Lipinski definition) is 2. The second kappa shape index (κ2) is 4.53. The lowest BCUT2D eigenvalue weighted by Gasteiger charge is -2.04. The second-order valence-corrected chi connectivity index (χ2v) is 4.31. The van der Waals surface area contributed by atoms with Gasteiger partial charge in [0.05, 0.1) is 11.0 Å². The predicted octanol–water partition coefficient (Wildman–Crippen LogP) is 3.45. The van der Waals surface area contributed by atoms with Gasteiger partial charge in [0, 0.05) is 0 Å². The molecule has 1 heterocycles. The zero-order valence-corrected chi connectivity index (χ0v) is 10.2. The van der Waals surface area contributed by atoms with E-state index in [1.54, 1.807) is 0 Å². The fraction of sp³-hybridized carbons (Fsp3) is 0.133. The van der Waals surface area contributed by atoms with Crippen LogP contribution in [0.4, 0.5) is 0 Å². The molecule has 1 aromatic heterocycles. The second-order valence-electron chi connectivity index (χ2n) is 4.31. The van der Waals surface area contributed by atoms with Crippen LogP contribution in [0.25, 0.3) is 11.0 Å². The minimum Gasteiger partial charge on any atom is -0.486 e. The smallest absolute Gasteiger partial charge is 0.146 e. The van der Waals surface area contributed by atoms with Crippen LogP contribution in [0.15, 0.2) is 48.5 Å². The predicted molar refractivity (Wildman–Crippen MR) is 71.6 cm³/mol. The van der Waals surface area contributed by atoms with Gasteiger partial charge in [-0.05, 0) is 36.8 Å². The first-order valence-electron chi connectivity index (χ1n) is 5.94. The maximum atomic E-state index is 5.71. The number of aryl methyl sites for hydroxylation is 1. The number of nitrogens with zero attached hydrogens (tertiary/aromatic N) is 1. The molecule has 0 aliphatic rings. The van der Waals surface area contributed by atoms with Crippen molar-refractivity contribution in [3.8, 4) is 5.75 Å². The van der Waals surface area contributed by atoms with E-state index in [4.69, 9.17) is 4.74 Å². The summed E-state index contributed by atoms with van der Waals surface area (Å²) in [7, 11) is 0. The zero-order chi connectivity index (χ0) is 12.4. The number of H-pyrrole nitrogens is 1. The van der Waals surface area contributed by atoms with E-state index in [1.165, 1.54) is 5.56 Å². The van der Waals surface area contributed by atoms with Crippen molar-refractivity contribution >= 4 is 11.0 Å². The topological polar surface area (TPSA) is 37.9 Å². The third-order valence-electron chi connectivity index (χ3n) is 2.80. The Morgan fingerprint density at radius 3 is 2.83 bits per heavy atom. The molecule has 3 rings (SSSR count). The number of aromatic amines is 1. The highest BCUT2D eigenvalue weighted by atomic mass is 16.5. The Labute approximate surface area is 105 Å². The molecule has 2 aromatic carbocycles. The van der Waals surface area contributed by atoms with E-state index >= 15 is 0 Å². The number of hydrogen-bond donors (Lipinski definition) is 1. The van der Waals surface area contributed by atoms with Gasteiger partial charge >= 0.3 is 0 Å². The number of benzene rings is 2. The number of nitrogens with one attached hydrogen (secondary N) is 1. The highest BCUT2D eigenvalue weighted by molar-refractivity contribution is 5.74. The molecule has 0 aliphatic carbocycles. The Morgan fingerprint density at radius 1 is 1.11 bits per heavy atom. The van der Waals surface area contributed by atoms with Crippen molar-refractivity contribution < 1.29 is 4.74 Å². The molecule has 90 valence electrons. The van der Waals surface area contributed by atoms with Crippen LogP contribution in [0.1, 0.15) is 11.4 Å². The van der Waals surface area contributed by atoms with Gasteiger partial charge in [0.1, 0.15) is 18.2 Å². The van der Waals surface area contributed by atoms with Crippen LogP contribution in [0.3, 0.4) is 0 Å². The van der Waals surface area contributed by atoms with Crippen molar-refractivity contribution in [3.63, 3.8) is 0 Å². The summed E-state index contributed by atoms with van der Waals surface area (Å²) >= 11 is 0. The van der Waals surface area contributed by atoms with Crippen LogP contribution in [0.5, 0.6) is 5.75 Å². The first-order valence-corrected chi connectivity index (χ1v) is 5.94. The van der Waals surface area contributed by atoms with Crippen LogP contribution in [0, 0.1) is 6.92 Å². The fourth-order valence-electron chi connectivity index (χ4n) is 1.93. The summed E-state index contributed by atoms with van der Waals surface area (Å²) in [5, 5.41) is 0. The summed E-state index contributed by atoms with van der Waals surface area (Å²) in [5.74, 6) is 1.72. The monoisotopic (exact) mass is 238 g/mol. The fourth-order valence-corrected chi connectivity index (χ4v) is 1.93. The van der Waals surface area contributed by atoms with Gasteiger partial charge in [-0.15, -0.1) is 0 Å².